The topological polar surface area (TPSA) is 84.0 Å². The Morgan fingerprint density at radius 3 is 2.48 bits per heavy atom. The van der Waals surface area contributed by atoms with Crippen LogP contribution in [0.5, 0.6) is 5.75 Å². The lowest BCUT2D eigenvalue weighted by Crippen LogP contribution is -2.43. The van der Waals surface area contributed by atoms with Crippen LogP contribution in [0.4, 0.5) is 5.69 Å². The van der Waals surface area contributed by atoms with Crippen molar-refractivity contribution >= 4 is 43.8 Å². The molecule has 1 amide bonds. The first-order valence-electron chi connectivity index (χ1n) is 8.26. The number of thiophene rings is 1. The number of ether oxygens (including phenoxy) is 1. The highest BCUT2D eigenvalue weighted by Crippen LogP contribution is 2.26. The predicted molar refractivity (Wildman–Crippen MR) is 106 cm³/mol. The Bertz CT molecular complexity index is 901. The summed E-state index contributed by atoms with van der Waals surface area (Å²) in [5.74, 6) is 1.35. The molecule has 0 saturated carbocycles. The van der Waals surface area contributed by atoms with Gasteiger partial charge in [0.25, 0.3) is 15.9 Å². The van der Waals surface area contributed by atoms with Crippen LogP contribution in [-0.4, -0.2) is 61.7 Å². The van der Waals surface area contributed by atoms with Gasteiger partial charge in [0.2, 0.25) is 0 Å². The summed E-state index contributed by atoms with van der Waals surface area (Å²) >= 11 is 1.17. The smallest absolute Gasteiger partial charge is 0.273 e. The molecule has 0 N–H and O–H groups in total. The molecular formula is C17H20N2O5S3. The van der Waals surface area contributed by atoms with Crippen LogP contribution in [0.25, 0.3) is 0 Å². The third-order valence-electron chi connectivity index (χ3n) is 4.20. The Morgan fingerprint density at radius 2 is 1.89 bits per heavy atom. The molecule has 1 aromatic carbocycles. The molecule has 0 bridgehead atoms. The Balaban J connectivity index is 1.59. The number of sulfonamides is 1. The number of benzene rings is 1. The van der Waals surface area contributed by atoms with E-state index in [0.29, 0.717) is 36.0 Å². The lowest BCUT2D eigenvalue weighted by atomic mass is 10.3. The van der Waals surface area contributed by atoms with E-state index in [1.165, 1.54) is 22.7 Å². The Hall–Kier alpha value is -1.91. The van der Waals surface area contributed by atoms with E-state index in [9.17, 15) is 17.4 Å². The molecule has 1 aromatic heterocycles. The third-order valence-corrected chi connectivity index (χ3v) is 8.64. The van der Waals surface area contributed by atoms with E-state index in [-0.39, 0.29) is 16.7 Å². The molecule has 7 nitrogen and oxygen atoms in total. The minimum Gasteiger partial charge on any atom is -0.484 e. The molecule has 1 aliphatic heterocycles. The fourth-order valence-corrected chi connectivity index (χ4v) is 5.97. The second-order valence-corrected chi connectivity index (χ2v) is 10.8. The summed E-state index contributed by atoms with van der Waals surface area (Å²) in [7, 11) is -2.92. The fraction of sp³-hybridized carbons (Fsp3) is 0.353. The van der Waals surface area contributed by atoms with E-state index in [0.717, 1.165) is 0 Å². The second kappa shape index (κ2) is 8.41. The summed E-state index contributed by atoms with van der Waals surface area (Å²) in [6, 6.07) is 9.79. The monoisotopic (exact) mass is 428 g/mol. The number of anilines is 1. The van der Waals surface area contributed by atoms with E-state index < -0.39 is 20.8 Å². The number of hydrogen-bond acceptors (Lipinski definition) is 6. The van der Waals surface area contributed by atoms with Crippen molar-refractivity contribution in [1.82, 2.24) is 4.90 Å². The van der Waals surface area contributed by atoms with Gasteiger partial charge in [0, 0.05) is 42.4 Å². The third kappa shape index (κ3) is 4.69. The zero-order valence-corrected chi connectivity index (χ0v) is 17.2. The van der Waals surface area contributed by atoms with Gasteiger partial charge in [-0.05, 0) is 35.7 Å². The molecule has 146 valence electrons. The Morgan fingerprint density at radius 1 is 1.22 bits per heavy atom. The Kier molecular flexibility index (Phi) is 6.18. The van der Waals surface area contributed by atoms with Gasteiger partial charge in [-0.1, -0.05) is 6.07 Å². The fourth-order valence-electron chi connectivity index (χ4n) is 2.56. The first-order chi connectivity index (χ1) is 12.9. The number of rotatable bonds is 6. The number of carbonyl (C=O) groups excluding carboxylic acids is 1. The zero-order valence-electron chi connectivity index (χ0n) is 14.7. The van der Waals surface area contributed by atoms with Gasteiger partial charge in [-0.15, -0.1) is 11.3 Å². The van der Waals surface area contributed by atoms with E-state index >= 15 is 0 Å². The van der Waals surface area contributed by atoms with Crippen LogP contribution in [0.15, 0.2) is 46.0 Å². The summed E-state index contributed by atoms with van der Waals surface area (Å²) in [5, 5.41) is 1.72. The van der Waals surface area contributed by atoms with E-state index in [1.54, 1.807) is 46.7 Å². The van der Waals surface area contributed by atoms with Gasteiger partial charge in [0.1, 0.15) is 9.96 Å². The largest absolute Gasteiger partial charge is 0.484 e. The zero-order chi connectivity index (χ0) is 19.4. The average Bonchev–Trinajstić information content (AvgIpc) is 3.22. The van der Waals surface area contributed by atoms with Crippen LogP contribution >= 0.6 is 11.3 Å². The van der Waals surface area contributed by atoms with Crippen molar-refractivity contribution in [1.29, 1.82) is 0 Å². The van der Waals surface area contributed by atoms with Gasteiger partial charge in [-0.3, -0.25) is 13.3 Å². The second-order valence-electron chi connectivity index (χ2n) is 5.92. The molecule has 3 rings (SSSR count). The van der Waals surface area contributed by atoms with Crippen LogP contribution in [0, 0.1) is 0 Å². The van der Waals surface area contributed by atoms with Crippen LogP contribution in [0.2, 0.25) is 0 Å². The summed E-state index contributed by atoms with van der Waals surface area (Å²) in [4.78, 5) is 13.8. The molecule has 1 saturated heterocycles. The molecule has 1 fully saturated rings. The number of carbonyl (C=O) groups is 1. The summed E-state index contributed by atoms with van der Waals surface area (Å²) in [6.45, 7) is 0.869. The van der Waals surface area contributed by atoms with Gasteiger partial charge in [0.15, 0.2) is 6.61 Å². The molecule has 1 aliphatic rings. The molecule has 0 spiro atoms. The molecule has 0 atom stereocenters. The maximum Gasteiger partial charge on any atom is 0.273 e. The maximum atomic E-state index is 12.5. The van der Waals surface area contributed by atoms with Crippen molar-refractivity contribution in [3.8, 4) is 5.75 Å². The standard InChI is InChI=1S/C17H20N2O5S3/c1-18(27(22,23)17-3-2-10-25-17)14-4-6-15(7-5-14)24-13-16(20)19-8-11-26(21)12-9-19/h2-7,10H,8-9,11-13H2,1H3. The minimum atomic E-state index is -3.58. The molecule has 2 aromatic rings. The highest BCUT2D eigenvalue weighted by Gasteiger charge is 2.23. The molecule has 2 heterocycles. The maximum absolute atomic E-state index is 12.5. The van der Waals surface area contributed by atoms with Crippen molar-refractivity contribution < 1.29 is 22.2 Å². The lowest BCUT2D eigenvalue weighted by Gasteiger charge is -2.26. The van der Waals surface area contributed by atoms with Crippen molar-refractivity contribution in [2.75, 3.05) is 42.6 Å². The number of hydrogen-bond donors (Lipinski definition) is 0. The molecule has 10 heteroatoms. The van der Waals surface area contributed by atoms with Crippen LogP contribution < -0.4 is 9.04 Å². The van der Waals surface area contributed by atoms with Crippen LogP contribution in [0.1, 0.15) is 0 Å². The van der Waals surface area contributed by atoms with Crippen LogP contribution in [0.3, 0.4) is 0 Å². The van der Waals surface area contributed by atoms with Gasteiger partial charge in [-0.25, -0.2) is 8.42 Å². The lowest BCUT2D eigenvalue weighted by molar-refractivity contribution is -0.133. The van der Waals surface area contributed by atoms with Crippen molar-refractivity contribution in [2.45, 2.75) is 4.21 Å². The Labute approximate surface area is 165 Å². The van der Waals surface area contributed by atoms with E-state index in [1.807, 2.05) is 0 Å². The van der Waals surface area contributed by atoms with E-state index in [4.69, 9.17) is 4.74 Å². The number of amides is 1. The quantitative estimate of drug-likeness (QED) is 0.697. The normalized spacial score (nSPS) is 15.5. The molecule has 0 unspecified atom stereocenters. The highest BCUT2D eigenvalue weighted by atomic mass is 32.2. The number of nitrogens with zero attached hydrogens (tertiary/aromatic N) is 2. The minimum absolute atomic E-state index is 0.102. The highest BCUT2D eigenvalue weighted by molar-refractivity contribution is 7.94. The molecule has 0 aliphatic carbocycles. The molecule has 0 radical (unpaired) electrons. The van der Waals surface area contributed by atoms with Crippen molar-refractivity contribution in [3.05, 3.63) is 41.8 Å². The summed E-state index contributed by atoms with van der Waals surface area (Å²) in [6.07, 6.45) is 0. The van der Waals surface area contributed by atoms with Gasteiger partial charge in [0.05, 0.1) is 5.69 Å². The van der Waals surface area contributed by atoms with Gasteiger partial charge < -0.3 is 9.64 Å². The SMILES string of the molecule is CN(c1ccc(OCC(=O)N2CCS(=O)CC2)cc1)S(=O)(=O)c1cccs1. The first kappa shape index (κ1) is 19.8. The summed E-state index contributed by atoms with van der Waals surface area (Å²) < 4.78 is 43.4. The average molecular weight is 429 g/mol. The molecule has 27 heavy (non-hydrogen) atoms. The molecular weight excluding hydrogens is 408 g/mol. The van der Waals surface area contributed by atoms with Gasteiger partial charge >= 0.3 is 0 Å². The van der Waals surface area contributed by atoms with Crippen LogP contribution in [-0.2, 0) is 25.6 Å². The van der Waals surface area contributed by atoms with E-state index in [2.05, 4.69) is 0 Å². The first-order valence-corrected chi connectivity index (χ1v) is 12.1. The van der Waals surface area contributed by atoms with Gasteiger partial charge in [-0.2, -0.15) is 0 Å². The van der Waals surface area contributed by atoms with Crippen molar-refractivity contribution in [2.24, 2.45) is 0 Å². The summed E-state index contributed by atoms with van der Waals surface area (Å²) in [5.41, 5.74) is 0.501. The predicted octanol–water partition coefficient (Wildman–Crippen LogP) is 1.54. The van der Waals surface area contributed by atoms with Crippen molar-refractivity contribution in [3.63, 3.8) is 0 Å².